The van der Waals surface area contributed by atoms with Gasteiger partial charge in [-0.05, 0) is 39.7 Å². The highest BCUT2D eigenvalue weighted by atomic mass is 16.4. The van der Waals surface area contributed by atoms with Crippen LogP contribution in [0.15, 0.2) is 12.2 Å². The van der Waals surface area contributed by atoms with Crippen LogP contribution in [0.3, 0.4) is 0 Å². The molecular formula is C12H21NO2. The van der Waals surface area contributed by atoms with E-state index in [2.05, 4.69) is 25.3 Å². The van der Waals surface area contributed by atoms with Crippen molar-refractivity contribution < 1.29 is 9.90 Å². The minimum atomic E-state index is -0.769. The zero-order valence-corrected chi connectivity index (χ0v) is 9.70. The fourth-order valence-electron chi connectivity index (χ4n) is 2.38. The summed E-state index contributed by atoms with van der Waals surface area (Å²) in [6.07, 6.45) is 3.35. The summed E-state index contributed by atoms with van der Waals surface area (Å²) in [4.78, 5) is 13.0. The van der Waals surface area contributed by atoms with Crippen molar-refractivity contribution in [2.24, 2.45) is 0 Å². The predicted octanol–water partition coefficient (Wildman–Crippen LogP) is 2.28. The normalized spacial score (nSPS) is 22.2. The summed E-state index contributed by atoms with van der Waals surface area (Å²) in [5.41, 5.74) is 0.847. The molecule has 1 atom stereocenters. The van der Waals surface area contributed by atoms with Gasteiger partial charge in [0.15, 0.2) is 0 Å². The highest BCUT2D eigenvalue weighted by Gasteiger charge is 2.26. The maximum absolute atomic E-state index is 10.5. The lowest BCUT2D eigenvalue weighted by molar-refractivity contribution is -0.136. The number of carboxylic acids is 1. The van der Waals surface area contributed by atoms with E-state index in [1.165, 1.54) is 12.8 Å². The maximum atomic E-state index is 10.5. The van der Waals surface area contributed by atoms with E-state index in [1.54, 1.807) is 0 Å². The second-order valence-electron chi connectivity index (χ2n) is 4.65. The molecular weight excluding hydrogens is 190 g/mol. The third-order valence-electron chi connectivity index (χ3n) is 3.01. The Balaban J connectivity index is 2.43. The Labute approximate surface area is 91.8 Å². The zero-order chi connectivity index (χ0) is 11.4. The first-order valence-corrected chi connectivity index (χ1v) is 5.65. The van der Waals surface area contributed by atoms with Gasteiger partial charge < -0.3 is 5.11 Å². The van der Waals surface area contributed by atoms with Crippen molar-refractivity contribution >= 4 is 5.97 Å². The van der Waals surface area contributed by atoms with E-state index in [0.29, 0.717) is 12.1 Å². The number of carbonyl (C=O) groups is 1. The molecule has 1 aliphatic rings. The summed E-state index contributed by atoms with van der Waals surface area (Å²) in [7, 11) is 0. The third kappa shape index (κ3) is 3.67. The van der Waals surface area contributed by atoms with Gasteiger partial charge in [-0.25, -0.2) is 0 Å². The summed E-state index contributed by atoms with van der Waals surface area (Å²) < 4.78 is 0. The van der Waals surface area contributed by atoms with Gasteiger partial charge in [-0.15, -0.1) is 0 Å². The Hall–Kier alpha value is -0.830. The SMILES string of the molecule is C=C(CC(=O)O)CC1CCCN1C(C)C. The number of hydrogen-bond donors (Lipinski definition) is 1. The number of likely N-dealkylation sites (tertiary alicyclic amines) is 1. The maximum Gasteiger partial charge on any atom is 0.307 e. The molecule has 0 aromatic rings. The first-order valence-electron chi connectivity index (χ1n) is 5.65. The Morgan fingerprint density at radius 1 is 1.60 bits per heavy atom. The van der Waals surface area contributed by atoms with Gasteiger partial charge in [0.05, 0.1) is 6.42 Å². The van der Waals surface area contributed by atoms with Gasteiger partial charge in [0.25, 0.3) is 0 Å². The largest absolute Gasteiger partial charge is 0.481 e. The molecule has 1 unspecified atom stereocenters. The molecule has 1 fully saturated rings. The molecule has 3 heteroatoms. The lowest BCUT2D eigenvalue weighted by Crippen LogP contribution is -2.35. The highest BCUT2D eigenvalue weighted by Crippen LogP contribution is 2.25. The Morgan fingerprint density at radius 3 is 2.80 bits per heavy atom. The number of aliphatic carboxylic acids is 1. The Bertz CT molecular complexity index is 248. The summed E-state index contributed by atoms with van der Waals surface area (Å²) in [5, 5.41) is 8.66. The highest BCUT2D eigenvalue weighted by molar-refractivity contribution is 5.69. The molecule has 3 nitrogen and oxygen atoms in total. The Morgan fingerprint density at radius 2 is 2.27 bits per heavy atom. The molecule has 0 spiro atoms. The van der Waals surface area contributed by atoms with Crippen LogP contribution in [0.4, 0.5) is 0 Å². The van der Waals surface area contributed by atoms with Crippen LogP contribution in [0.25, 0.3) is 0 Å². The number of rotatable bonds is 5. The van der Waals surface area contributed by atoms with Crippen LogP contribution in [0.2, 0.25) is 0 Å². The second-order valence-corrected chi connectivity index (χ2v) is 4.65. The van der Waals surface area contributed by atoms with Crippen LogP contribution in [0, 0.1) is 0 Å². The topological polar surface area (TPSA) is 40.5 Å². The molecule has 0 saturated carbocycles. The van der Waals surface area contributed by atoms with Crippen LogP contribution in [0.5, 0.6) is 0 Å². The average molecular weight is 211 g/mol. The standard InChI is InChI=1S/C12H21NO2/c1-9(2)13-6-4-5-11(13)7-10(3)8-12(14)15/h9,11H,3-8H2,1-2H3,(H,14,15). The van der Waals surface area contributed by atoms with E-state index in [0.717, 1.165) is 18.5 Å². The van der Waals surface area contributed by atoms with Crippen molar-refractivity contribution in [1.82, 2.24) is 4.90 Å². The molecule has 0 radical (unpaired) electrons. The van der Waals surface area contributed by atoms with E-state index in [9.17, 15) is 4.79 Å². The molecule has 1 rings (SSSR count). The number of nitrogens with zero attached hydrogens (tertiary/aromatic N) is 1. The average Bonchev–Trinajstić information content (AvgIpc) is 2.50. The quantitative estimate of drug-likeness (QED) is 0.709. The van der Waals surface area contributed by atoms with Gasteiger partial charge in [-0.2, -0.15) is 0 Å². The summed E-state index contributed by atoms with van der Waals surface area (Å²) >= 11 is 0. The van der Waals surface area contributed by atoms with E-state index in [-0.39, 0.29) is 6.42 Å². The minimum absolute atomic E-state index is 0.114. The summed E-state index contributed by atoms with van der Waals surface area (Å²) in [6.45, 7) is 9.37. The molecule has 1 N–H and O–H groups in total. The van der Waals surface area contributed by atoms with E-state index in [4.69, 9.17) is 5.11 Å². The first kappa shape index (κ1) is 12.2. The summed E-state index contributed by atoms with van der Waals surface area (Å²) in [6, 6.07) is 1.06. The van der Waals surface area contributed by atoms with Crippen molar-refractivity contribution in [2.75, 3.05) is 6.54 Å². The van der Waals surface area contributed by atoms with Gasteiger partial charge >= 0.3 is 5.97 Å². The molecule has 1 saturated heterocycles. The molecule has 15 heavy (non-hydrogen) atoms. The minimum Gasteiger partial charge on any atom is -0.481 e. The first-order chi connectivity index (χ1) is 7.00. The van der Waals surface area contributed by atoms with Crippen molar-refractivity contribution in [3.63, 3.8) is 0 Å². The fraction of sp³-hybridized carbons (Fsp3) is 0.750. The third-order valence-corrected chi connectivity index (χ3v) is 3.01. The molecule has 0 aromatic heterocycles. The van der Waals surface area contributed by atoms with Gasteiger partial charge in [-0.3, -0.25) is 9.69 Å². The monoisotopic (exact) mass is 211 g/mol. The van der Waals surface area contributed by atoms with Gasteiger partial charge in [0, 0.05) is 12.1 Å². The molecule has 0 aromatic carbocycles. The number of hydrogen-bond acceptors (Lipinski definition) is 2. The lowest BCUT2D eigenvalue weighted by Gasteiger charge is -2.28. The van der Waals surface area contributed by atoms with Crippen LogP contribution in [-0.2, 0) is 4.79 Å². The molecule has 0 bridgehead atoms. The van der Waals surface area contributed by atoms with Crippen molar-refractivity contribution in [3.05, 3.63) is 12.2 Å². The van der Waals surface area contributed by atoms with Crippen molar-refractivity contribution in [2.45, 2.75) is 51.6 Å². The van der Waals surface area contributed by atoms with E-state index >= 15 is 0 Å². The van der Waals surface area contributed by atoms with Gasteiger partial charge in [-0.1, -0.05) is 12.2 Å². The van der Waals surface area contributed by atoms with Crippen LogP contribution in [0.1, 0.15) is 39.5 Å². The molecule has 0 amide bonds. The van der Waals surface area contributed by atoms with Gasteiger partial charge in [0.1, 0.15) is 0 Å². The van der Waals surface area contributed by atoms with Crippen LogP contribution >= 0.6 is 0 Å². The molecule has 0 aliphatic carbocycles. The second kappa shape index (κ2) is 5.31. The molecule has 1 aliphatic heterocycles. The molecule has 86 valence electrons. The van der Waals surface area contributed by atoms with Gasteiger partial charge in [0.2, 0.25) is 0 Å². The number of carboxylic acid groups (broad SMARTS) is 1. The van der Waals surface area contributed by atoms with Crippen molar-refractivity contribution in [3.8, 4) is 0 Å². The lowest BCUT2D eigenvalue weighted by atomic mass is 10.0. The van der Waals surface area contributed by atoms with E-state index in [1.807, 2.05) is 0 Å². The van der Waals surface area contributed by atoms with Crippen LogP contribution in [-0.4, -0.2) is 34.6 Å². The zero-order valence-electron chi connectivity index (χ0n) is 9.70. The smallest absolute Gasteiger partial charge is 0.307 e. The predicted molar refractivity (Wildman–Crippen MR) is 60.9 cm³/mol. The molecule has 1 heterocycles. The van der Waals surface area contributed by atoms with Crippen LogP contribution < -0.4 is 0 Å². The Kier molecular flexibility index (Phi) is 4.33. The van der Waals surface area contributed by atoms with E-state index < -0.39 is 5.97 Å². The summed E-state index contributed by atoms with van der Waals surface area (Å²) in [5.74, 6) is -0.769. The van der Waals surface area contributed by atoms with Crippen molar-refractivity contribution in [1.29, 1.82) is 0 Å². The fourth-order valence-corrected chi connectivity index (χ4v) is 2.38.